The lowest BCUT2D eigenvalue weighted by atomic mass is 10.1. The second-order valence-electron chi connectivity index (χ2n) is 5.18. The maximum atomic E-state index is 9.21. The average Bonchev–Trinajstić information content (AvgIpc) is 2.56. The van der Waals surface area contributed by atoms with Crippen LogP contribution in [0.15, 0.2) is 29.3 Å². The Morgan fingerprint density at radius 3 is 2.55 bits per heavy atom. The van der Waals surface area contributed by atoms with E-state index in [-0.39, 0.29) is 13.2 Å². The van der Waals surface area contributed by atoms with Crippen molar-refractivity contribution in [2.24, 2.45) is 16.5 Å². The molecule has 0 spiro atoms. The number of nitrogens with zero attached hydrogens (tertiary/aromatic N) is 1. The van der Waals surface area contributed by atoms with Gasteiger partial charge in [-0.1, -0.05) is 18.6 Å². The van der Waals surface area contributed by atoms with E-state index in [9.17, 15) is 5.11 Å². The quantitative estimate of drug-likeness (QED) is 0.269. The molecule has 6 heteroatoms. The Kier molecular flexibility index (Phi) is 9.21. The minimum Gasteiger partial charge on any atom is -0.491 e. The summed E-state index contributed by atoms with van der Waals surface area (Å²) in [4.78, 5) is 4.16. The number of ether oxygens (including phenoxy) is 1. The third-order valence-electron chi connectivity index (χ3n) is 3.22. The van der Waals surface area contributed by atoms with Gasteiger partial charge in [0.05, 0.1) is 13.2 Å². The molecule has 0 bridgehead atoms. The van der Waals surface area contributed by atoms with Crippen molar-refractivity contribution in [2.75, 3.05) is 26.3 Å². The first-order valence-corrected chi connectivity index (χ1v) is 7.65. The summed E-state index contributed by atoms with van der Waals surface area (Å²) in [7, 11) is 0. The van der Waals surface area contributed by atoms with Gasteiger partial charge in [-0.3, -0.25) is 4.99 Å². The molecule has 1 atom stereocenters. The van der Waals surface area contributed by atoms with Gasteiger partial charge in [-0.05, 0) is 37.0 Å². The summed E-state index contributed by atoms with van der Waals surface area (Å²) in [5, 5.41) is 17.9. The van der Waals surface area contributed by atoms with Crippen molar-refractivity contribution in [1.82, 2.24) is 0 Å². The van der Waals surface area contributed by atoms with Crippen LogP contribution in [0.2, 0.25) is 0 Å². The van der Waals surface area contributed by atoms with E-state index >= 15 is 0 Å². The number of hydrogen-bond donors (Lipinski definition) is 4. The van der Waals surface area contributed by atoms with Crippen molar-refractivity contribution >= 4 is 5.84 Å². The molecule has 0 aliphatic rings. The van der Waals surface area contributed by atoms with Crippen molar-refractivity contribution in [1.29, 1.82) is 0 Å². The molecule has 0 aliphatic carbocycles. The highest BCUT2D eigenvalue weighted by Crippen LogP contribution is 2.14. The molecule has 1 rings (SSSR count). The van der Waals surface area contributed by atoms with E-state index in [4.69, 9.17) is 21.3 Å². The summed E-state index contributed by atoms with van der Waals surface area (Å²) >= 11 is 0. The van der Waals surface area contributed by atoms with Crippen molar-refractivity contribution in [3.8, 4) is 5.75 Å². The molecule has 0 heterocycles. The molecular weight excluding hydrogens is 282 g/mol. The van der Waals surface area contributed by atoms with Crippen LogP contribution in [0.3, 0.4) is 0 Å². The third-order valence-corrected chi connectivity index (χ3v) is 3.22. The second kappa shape index (κ2) is 11.0. The molecule has 1 aromatic rings. The molecule has 0 amide bonds. The molecular formula is C16H27N3O3. The Morgan fingerprint density at radius 2 is 1.91 bits per heavy atom. The van der Waals surface area contributed by atoms with Gasteiger partial charge in [0, 0.05) is 6.54 Å². The number of aliphatic imine (C=N–C) groups is 1. The van der Waals surface area contributed by atoms with Crippen LogP contribution in [0.4, 0.5) is 0 Å². The highest BCUT2D eigenvalue weighted by atomic mass is 16.5. The normalized spacial score (nSPS) is 13.1. The van der Waals surface area contributed by atoms with Gasteiger partial charge in [0.1, 0.15) is 24.3 Å². The van der Waals surface area contributed by atoms with Crippen LogP contribution in [-0.2, 0) is 6.42 Å². The van der Waals surface area contributed by atoms with Crippen molar-refractivity contribution in [3.63, 3.8) is 0 Å². The largest absolute Gasteiger partial charge is 0.491 e. The lowest BCUT2D eigenvalue weighted by Crippen LogP contribution is -2.23. The van der Waals surface area contributed by atoms with Crippen LogP contribution in [0.1, 0.15) is 24.8 Å². The number of hydrogen-bond acceptors (Lipinski definition) is 5. The zero-order chi connectivity index (χ0) is 16.2. The van der Waals surface area contributed by atoms with E-state index in [2.05, 4.69) is 4.99 Å². The molecule has 0 aromatic heterocycles. The Bertz CT molecular complexity index is 435. The number of unbranched alkanes of at least 4 members (excludes halogenated alkanes) is 2. The topological polar surface area (TPSA) is 114 Å². The first kappa shape index (κ1) is 18.4. The molecule has 124 valence electrons. The maximum absolute atomic E-state index is 9.21. The van der Waals surface area contributed by atoms with Crippen LogP contribution in [0, 0.1) is 0 Å². The van der Waals surface area contributed by atoms with Crippen LogP contribution in [-0.4, -0.2) is 48.5 Å². The zero-order valence-corrected chi connectivity index (χ0v) is 12.9. The molecule has 1 unspecified atom stereocenters. The molecule has 6 nitrogen and oxygen atoms in total. The number of benzene rings is 1. The number of aliphatic hydroxyl groups is 2. The second-order valence-corrected chi connectivity index (χ2v) is 5.18. The van der Waals surface area contributed by atoms with Crippen molar-refractivity contribution < 1.29 is 14.9 Å². The molecule has 0 aliphatic heterocycles. The van der Waals surface area contributed by atoms with E-state index in [1.807, 2.05) is 24.3 Å². The first-order chi connectivity index (χ1) is 10.7. The number of amidine groups is 1. The Morgan fingerprint density at radius 1 is 1.18 bits per heavy atom. The fourth-order valence-electron chi connectivity index (χ4n) is 1.90. The monoisotopic (exact) mass is 309 g/mol. The Hall–Kier alpha value is -1.63. The number of aryl methyl sites for hydroxylation is 1. The minimum atomic E-state index is -0.837. The van der Waals surface area contributed by atoms with Gasteiger partial charge in [-0.25, -0.2) is 0 Å². The van der Waals surface area contributed by atoms with Crippen LogP contribution < -0.4 is 16.2 Å². The van der Waals surface area contributed by atoms with Gasteiger partial charge >= 0.3 is 0 Å². The summed E-state index contributed by atoms with van der Waals surface area (Å²) < 4.78 is 5.36. The van der Waals surface area contributed by atoms with Gasteiger partial charge < -0.3 is 26.4 Å². The molecule has 6 N–H and O–H groups in total. The van der Waals surface area contributed by atoms with Crippen LogP contribution in [0.5, 0.6) is 5.75 Å². The van der Waals surface area contributed by atoms with Gasteiger partial charge in [-0.2, -0.15) is 0 Å². The number of rotatable bonds is 11. The number of aliphatic hydroxyl groups excluding tert-OH is 2. The molecule has 22 heavy (non-hydrogen) atoms. The molecule has 0 saturated heterocycles. The van der Waals surface area contributed by atoms with Crippen molar-refractivity contribution in [2.45, 2.75) is 31.8 Å². The van der Waals surface area contributed by atoms with Gasteiger partial charge in [0.2, 0.25) is 0 Å². The molecule has 0 saturated carbocycles. The van der Waals surface area contributed by atoms with E-state index in [0.717, 1.165) is 32.2 Å². The maximum Gasteiger partial charge on any atom is 0.119 e. The summed E-state index contributed by atoms with van der Waals surface area (Å²) in [5.41, 5.74) is 12.1. The fraction of sp³-hybridized carbons (Fsp3) is 0.562. The predicted molar refractivity (Wildman–Crippen MR) is 88.1 cm³/mol. The Labute approximate surface area is 131 Å². The summed E-state index contributed by atoms with van der Waals surface area (Å²) in [6, 6.07) is 7.80. The highest BCUT2D eigenvalue weighted by Gasteiger charge is 2.03. The van der Waals surface area contributed by atoms with E-state index in [1.165, 1.54) is 5.56 Å². The van der Waals surface area contributed by atoms with E-state index in [0.29, 0.717) is 18.1 Å². The van der Waals surface area contributed by atoms with Gasteiger partial charge in [0.15, 0.2) is 0 Å². The van der Waals surface area contributed by atoms with Crippen molar-refractivity contribution in [3.05, 3.63) is 29.8 Å². The predicted octanol–water partition coefficient (Wildman–Crippen LogP) is 0.447. The lowest BCUT2D eigenvalue weighted by Gasteiger charge is -2.10. The molecule has 0 fully saturated rings. The van der Waals surface area contributed by atoms with Crippen LogP contribution in [0.25, 0.3) is 0 Å². The molecule has 1 aromatic carbocycles. The van der Waals surface area contributed by atoms with Gasteiger partial charge in [-0.15, -0.1) is 0 Å². The van der Waals surface area contributed by atoms with Gasteiger partial charge in [0.25, 0.3) is 0 Å². The highest BCUT2D eigenvalue weighted by molar-refractivity contribution is 5.82. The third kappa shape index (κ3) is 7.97. The van der Waals surface area contributed by atoms with E-state index < -0.39 is 6.10 Å². The summed E-state index contributed by atoms with van der Waals surface area (Å²) in [6.07, 6.45) is 3.39. The lowest BCUT2D eigenvalue weighted by molar-refractivity contribution is 0.0536. The smallest absolute Gasteiger partial charge is 0.119 e. The fourth-order valence-corrected chi connectivity index (χ4v) is 1.90. The SMILES string of the molecule is NCC(N)=NCCCCCc1ccc(OCC(O)CO)cc1. The summed E-state index contributed by atoms with van der Waals surface area (Å²) in [5.74, 6) is 1.21. The minimum absolute atomic E-state index is 0.0995. The zero-order valence-electron chi connectivity index (χ0n) is 12.9. The summed E-state index contributed by atoms with van der Waals surface area (Å²) in [6.45, 7) is 0.869. The first-order valence-electron chi connectivity index (χ1n) is 7.65. The average molecular weight is 309 g/mol. The van der Waals surface area contributed by atoms with E-state index in [1.54, 1.807) is 0 Å². The molecule has 0 radical (unpaired) electrons. The standard InChI is InChI=1S/C16H27N3O3/c17-10-16(18)19-9-3-1-2-4-13-5-7-15(8-6-13)22-12-14(21)11-20/h5-8,14,20-21H,1-4,9-12,17H2,(H2,18,19). The number of nitrogens with two attached hydrogens (primary N) is 2. The van der Waals surface area contributed by atoms with Crippen LogP contribution >= 0.6 is 0 Å². The Balaban J connectivity index is 2.19.